The zero-order chi connectivity index (χ0) is 21.6. The molecular formula is C19H29N5O5. The molecule has 0 spiro atoms. The number of aromatic nitrogens is 4. The SMILES string of the molecule is CCCCCC[C@@H](C)NC(=O)COC(=O)Cn1cnc2c1c(=O)n(C)c(=O)n2C. The van der Waals surface area contributed by atoms with Crippen LogP contribution in [-0.4, -0.2) is 43.2 Å². The van der Waals surface area contributed by atoms with Crippen molar-refractivity contribution in [3.05, 3.63) is 27.2 Å². The second-order valence-electron chi connectivity index (χ2n) is 7.23. The van der Waals surface area contributed by atoms with Crippen LogP contribution in [0.3, 0.4) is 0 Å². The minimum absolute atomic E-state index is 0.0139. The van der Waals surface area contributed by atoms with Crippen molar-refractivity contribution in [1.29, 1.82) is 0 Å². The van der Waals surface area contributed by atoms with E-state index in [0.29, 0.717) is 0 Å². The molecule has 29 heavy (non-hydrogen) atoms. The molecular weight excluding hydrogens is 378 g/mol. The van der Waals surface area contributed by atoms with Crippen molar-refractivity contribution in [3.63, 3.8) is 0 Å². The van der Waals surface area contributed by atoms with Crippen LogP contribution < -0.4 is 16.6 Å². The second-order valence-corrected chi connectivity index (χ2v) is 7.23. The second kappa shape index (κ2) is 10.0. The average molecular weight is 407 g/mol. The van der Waals surface area contributed by atoms with Gasteiger partial charge in [-0.05, 0) is 13.3 Å². The van der Waals surface area contributed by atoms with Crippen LogP contribution in [0.4, 0.5) is 0 Å². The molecule has 160 valence electrons. The highest BCUT2D eigenvalue weighted by Crippen LogP contribution is 2.06. The van der Waals surface area contributed by atoms with Gasteiger partial charge in [0.2, 0.25) is 0 Å². The smallest absolute Gasteiger partial charge is 0.332 e. The van der Waals surface area contributed by atoms with Gasteiger partial charge in [-0.2, -0.15) is 0 Å². The summed E-state index contributed by atoms with van der Waals surface area (Å²) in [6.07, 6.45) is 6.69. The Bertz CT molecular complexity index is 987. The molecule has 0 aliphatic carbocycles. The van der Waals surface area contributed by atoms with Gasteiger partial charge in [-0.25, -0.2) is 9.78 Å². The van der Waals surface area contributed by atoms with Crippen molar-refractivity contribution < 1.29 is 14.3 Å². The first-order valence-electron chi connectivity index (χ1n) is 9.82. The Morgan fingerprint density at radius 2 is 1.90 bits per heavy atom. The summed E-state index contributed by atoms with van der Waals surface area (Å²) < 4.78 is 8.51. The van der Waals surface area contributed by atoms with Crippen LogP contribution in [0.1, 0.15) is 46.0 Å². The molecule has 1 amide bonds. The molecule has 2 aromatic heterocycles. The molecule has 10 heteroatoms. The first-order chi connectivity index (χ1) is 13.8. The first kappa shape index (κ1) is 22.4. The topological polar surface area (TPSA) is 117 Å². The number of imidazole rings is 1. The van der Waals surface area contributed by atoms with Crippen LogP contribution in [0.5, 0.6) is 0 Å². The largest absolute Gasteiger partial charge is 0.454 e. The number of esters is 1. The Balaban J connectivity index is 1.91. The van der Waals surface area contributed by atoms with E-state index in [9.17, 15) is 19.2 Å². The lowest BCUT2D eigenvalue weighted by Gasteiger charge is -2.14. The van der Waals surface area contributed by atoms with Crippen LogP contribution in [0.25, 0.3) is 11.2 Å². The zero-order valence-electron chi connectivity index (χ0n) is 17.4. The Kier molecular flexibility index (Phi) is 7.74. The number of ether oxygens (including phenoxy) is 1. The van der Waals surface area contributed by atoms with Gasteiger partial charge in [0.25, 0.3) is 11.5 Å². The highest BCUT2D eigenvalue weighted by Gasteiger charge is 2.17. The maximum atomic E-state index is 12.4. The quantitative estimate of drug-likeness (QED) is 0.451. The number of rotatable bonds is 10. The molecule has 10 nitrogen and oxygen atoms in total. The maximum Gasteiger partial charge on any atom is 0.332 e. The predicted octanol–water partition coefficient (Wildman–Crippen LogP) is 0.452. The molecule has 0 bridgehead atoms. The molecule has 2 aromatic rings. The Labute approximate surface area is 168 Å². The van der Waals surface area contributed by atoms with E-state index in [1.807, 2.05) is 6.92 Å². The van der Waals surface area contributed by atoms with Gasteiger partial charge in [-0.15, -0.1) is 0 Å². The van der Waals surface area contributed by atoms with Crippen LogP contribution in [0.15, 0.2) is 15.9 Å². The van der Waals surface area contributed by atoms with Gasteiger partial charge in [0, 0.05) is 20.1 Å². The normalized spacial score (nSPS) is 12.1. The fourth-order valence-electron chi connectivity index (χ4n) is 3.11. The van der Waals surface area contributed by atoms with Crippen LogP contribution in [0.2, 0.25) is 0 Å². The van der Waals surface area contributed by atoms with Crippen molar-refractivity contribution in [2.75, 3.05) is 6.61 Å². The summed E-state index contributed by atoms with van der Waals surface area (Å²) in [5.41, 5.74) is -0.754. The summed E-state index contributed by atoms with van der Waals surface area (Å²) in [5, 5.41) is 2.80. The fraction of sp³-hybridized carbons (Fsp3) is 0.632. The third-order valence-corrected chi connectivity index (χ3v) is 4.78. The molecule has 0 saturated heterocycles. The fourth-order valence-corrected chi connectivity index (χ4v) is 3.11. The van der Waals surface area contributed by atoms with Gasteiger partial charge in [0.15, 0.2) is 17.8 Å². The highest BCUT2D eigenvalue weighted by atomic mass is 16.5. The van der Waals surface area contributed by atoms with Crippen molar-refractivity contribution in [1.82, 2.24) is 24.0 Å². The van der Waals surface area contributed by atoms with Gasteiger partial charge in [0.1, 0.15) is 6.54 Å². The summed E-state index contributed by atoms with van der Waals surface area (Å²) in [5.74, 6) is -1.04. The Hall–Kier alpha value is -2.91. The molecule has 0 aromatic carbocycles. The number of carbonyl (C=O) groups excluding carboxylic acids is 2. The number of nitrogens with zero attached hydrogens (tertiary/aromatic N) is 4. The number of aryl methyl sites for hydroxylation is 1. The molecule has 0 radical (unpaired) electrons. The minimum Gasteiger partial charge on any atom is -0.454 e. The summed E-state index contributed by atoms with van der Waals surface area (Å²) in [7, 11) is 2.85. The monoisotopic (exact) mass is 407 g/mol. The number of carbonyl (C=O) groups is 2. The minimum atomic E-state index is -0.675. The lowest BCUT2D eigenvalue weighted by atomic mass is 10.1. The lowest BCUT2D eigenvalue weighted by Crippen LogP contribution is -2.38. The van der Waals surface area contributed by atoms with Crippen LogP contribution in [-0.2, 0) is 35.0 Å². The predicted molar refractivity (Wildman–Crippen MR) is 108 cm³/mol. The maximum absolute atomic E-state index is 12.4. The third-order valence-electron chi connectivity index (χ3n) is 4.78. The van der Waals surface area contributed by atoms with E-state index in [1.165, 1.54) is 36.0 Å². The number of amides is 1. The van der Waals surface area contributed by atoms with Gasteiger partial charge < -0.3 is 14.6 Å². The van der Waals surface area contributed by atoms with E-state index >= 15 is 0 Å². The average Bonchev–Trinajstić information content (AvgIpc) is 3.10. The number of hydrogen-bond acceptors (Lipinski definition) is 6. The van der Waals surface area contributed by atoms with E-state index in [4.69, 9.17) is 4.74 Å². The standard InChI is InChI=1S/C19H29N5O5/c1-5-6-7-8-9-13(2)21-14(25)11-29-15(26)10-24-12-20-17-16(24)18(27)23(4)19(28)22(17)3/h12-13H,5-11H2,1-4H3,(H,21,25)/t13-/m1/s1. The summed E-state index contributed by atoms with van der Waals surface area (Å²) in [6, 6.07) is 0.0139. The number of nitrogens with one attached hydrogen (secondary N) is 1. The molecule has 1 N–H and O–H groups in total. The zero-order valence-corrected chi connectivity index (χ0v) is 17.4. The summed E-state index contributed by atoms with van der Waals surface area (Å²) in [4.78, 5) is 52.4. The van der Waals surface area contributed by atoms with Crippen molar-refractivity contribution in [3.8, 4) is 0 Å². The number of fused-ring (bicyclic) bond motifs is 1. The molecule has 2 heterocycles. The van der Waals surface area contributed by atoms with Gasteiger partial charge in [-0.1, -0.05) is 32.6 Å². The van der Waals surface area contributed by atoms with Crippen molar-refractivity contribution >= 4 is 23.0 Å². The molecule has 0 saturated carbocycles. The summed E-state index contributed by atoms with van der Waals surface area (Å²) in [6.45, 7) is 3.39. The lowest BCUT2D eigenvalue weighted by molar-refractivity contribution is -0.149. The summed E-state index contributed by atoms with van der Waals surface area (Å²) >= 11 is 0. The molecule has 0 unspecified atom stereocenters. The van der Waals surface area contributed by atoms with E-state index in [2.05, 4.69) is 17.2 Å². The first-order valence-corrected chi connectivity index (χ1v) is 9.82. The Morgan fingerprint density at radius 3 is 2.59 bits per heavy atom. The van der Waals surface area contributed by atoms with Crippen LogP contribution >= 0.6 is 0 Å². The number of unbranched alkanes of at least 4 members (excludes halogenated alkanes) is 3. The Morgan fingerprint density at radius 1 is 1.17 bits per heavy atom. The van der Waals surface area contributed by atoms with E-state index in [0.717, 1.165) is 30.3 Å². The third kappa shape index (κ3) is 5.55. The van der Waals surface area contributed by atoms with Crippen molar-refractivity contribution in [2.45, 2.75) is 58.5 Å². The van der Waals surface area contributed by atoms with Gasteiger partial charge in [0.05, 0.1) is 6.33 Å². The van der Waals surface area contributed by atoms with Gasteiger partial charge in [-0.3, -0.25) is 23.5 Å². The van der Waals surface area contributed by atoms with Gasteiger partial charge >= 0.3 is 11.7 Å². The highest BCUT2D eigenvalue weighted by molar-refractivity contribution is 5.81. The van der Waals surface area contributed by atoms with E-state index < -0.39 is 17.2 Å². The molecule has 2 rings (SSSR count). The van der Waals surface area contributed by atoms with Crippen molar-refractivity contribution in [2.24, 2.45) is 14.1 Å². The van der Waals surface area contributed by atoms with E-state index in [1.54, 1.807) is 0 Å². The molecule has 0 aliphatic heterocycles. The number of hydrogen-bond donors (Lipinski definition) is 1. The van der Waals surface area contributed by atoms with Crippen LogP contribution in [0, 0.1) is 0 Å². The molecule has 1 atom stereocenters. The van der Waals surface area contributed by atoms with E-state index in [-0.39, 0.29) is 36.3 Å². The molecule has 0 fully saturated rings. The molecule has 0 aliphatic rings.